The quantitative estimate of drug-likeness (QED) is 0.709. The van der Waals surface area contributed by atoms with Crippen LogP contribution in [0, 0.1) is 5.92 Å². The standard InChI is InChI=1S/C18H27N5O3S/c1-20-5-9-22(10-6-20)27(25,26)23-11-7-21(8-12-23)18(24)17-13-16(17)15-3-2-4-19-14-15/h2-4,14,16-17H,5-13H2,1H3. The van der Waals surface area contributed by atoms with E-state index in [1.807, 2.05) is 30.3 Å². The molecule has 1 saturated carbocycles. The number of carbonyl (C=O) groups is 1. The summed E-state index contributed by atoms with van der Waals surface area (Å²) in [5, 5.41) is 0. The highest BCUT2D eigenvalue weighted by atomic mass is 32.2. The third kappa shape index (κ3) is 3.87. The second kappa shape index (κ2) is 7.46. The van der Waals surface area contributed by atoms with Gasteiger partial charge in [-0.05, 0) is 31.0 Å². The molecule has 0 radical (unpaired) electrons. The molecule has 1 aromatic heterocycles. The van der Waals surface area contributed by atoms with Gasteiger partial charge in [-0.3, -0.25) is 9.78 Å². The zero-order valence-corrected chi connectivity index (χ0v) is 16.5. The molecule has 27 heavy (non-hydrogen) atoms. The molecule has 0 spiro atoms. The number of aromatic nitrogens is 1. The second-order valence-corrected chi connectivity index (χ2v) is 9.60. The van der Waals surface area contributed by atoms with Gasteiger partial charge in [-0.1, -0.05) is 6.07 Å². The number of hydrogen-bond donors (Lipinski definition) is 0. The van der Waals surface area contributed by atoms with Gasteiger partial charge in [-0.15, -0.1) is 0 Å². The number of piperazine rings is 2. The third-order valence-corrected chi connectivity index (χ3v) is 7.92. The van der Waals surface area contributed by atoms with E-state index in [4.69, 9.17) is 0 Å². The maximum Gasteiger partial charge on any atom is 0.282 e. The van der Waals surface area contributed by atoms with E-state index in [1.165, 1.54) is 4.31 Å². The molecule has 2 aliphatic heterocycles. The molecule has 1 aromatic rings. The maximum atomic E-state index is 12.8. The lowest BCUT2D eigenvalue weighted by atomic mass is 10.1. The van der Waals surface area contributed by atoms with E-state index < -0.39 is 10.2 Å². The van der Waals surface area contributed by atoms with Crippen LogP contribution >= 0.6 is 0 Å². The number of amides is 1. The van der Waals surface area contributed by atoms with Crippen LogP contribution in [-0.2, 0) is 15.0 Å². The van der Waals surface area contributed by atoms with Crippen LogP contribution in [0.2, 0.25) is 0 Å². The predicted molar refractivity (Wildman–Crippen MR) is 101 cm³/mol. The summed E-state index contributed by atoms with van der Waals surface area (Å²) < 4.78 is 28.8. The second-order valence-electron chi connectivity index (χ2n) is 7.67. The lowest BCUT2D eigenvalue weighted by Gasteiger charge is -2.39. The number of likely N-dealkylation sites (N-methyl/N-ethyl adjacent to an activating group) is 1. The molecule has 2 saturated heterocycles. The summed E-state index contributed by atoms with van der Waals surface area (Å²) in [5.41, 5.74) is 1.12. The Kier molecular flexibility index (Phi) is 5.19. The van der Waals surface area contributed by atoms with E-state index in [0.29, 0.717) is 39.3 Å². The lowest BCUT2D eigenvalue weighted by Crippen LogP contribution is -2.57. The van der Waals surface area contributed by atoms with Crippen molar-refractivity contribution in [3.8, 4) is 0 Å². The Labute approximate surface area is 160 Å². The van der Waals surface area contributed by atoms with Gasteiger partial charge in [0.05, 0.1) is 0 Å². The fraction of sp³-hybridized carbons (Fsp3) is 0.667. The van der Waals surface area contributed by atoms with Crippen molar-refractivity contribution in [1.82, 2.24) is 23.4 Å². The van der Waals surface area contributed by atoms with E-state index in [2.05, 4.69) is 9.88 Å². The minimum atomic E-state index is -3.42. The molecule has 2 unspecified atom stereocenters. The summed E-state index contributed by atoms with van der Waals surface area (Å²) in [6.07, 6.45) is 4.44. The average Bonchev–Trinajstić information content (AvgIpc) is 3.49. The highest BCUT2D eigenvalue weighted by Crippen LogP contribution is 2.48. The molecule has 3 aliphatic rings. The fourth-order valence-electron chi connectivity index (χ4n) is 3.99. The largest absolute Gasteiger partial charge is 0.340 e. The Balaban J connectivity index is 1.31. The van der Waals surface area contributed by atoms with Crippen LogP contribution in [0.1, 0.15) is 17.9 Å². The molecule has 3 heterocycles. The van der Waals surface area contributed by atoms with Gasteiger partial charge in [0.1, 0.15) is 0 Å². The van der Waals surface area contributed by atoms with Gasteiger partial charge in [0.2, 0.25) is 5.91 Å². The molecule has 3 fully saturated rings. The van der Waals surface area contributed by atoms with E-state index in [1.54, 1.807) is 10.5 Å². The molecule has 0 aromatic carbocycles. The summed E-state index contributed by atoms with van der Waals surface area (Å²) in [4.78, 5) is 20.9. The van der Waals surface area contributed by atoms with Crippen molar-refractivity contribution in [1.29, 1.82) is 0 Å². The first-order valence-electron chi connectivity index (χ1n) is 9.59. The van der Waals surface area contributed by atoms with E-state index in [-0.39, 0.29) is 17.7 Å². The summed E-state index contributed by atoms with van der Waals surface area (Å²) in [6, 6.07) is 3.92. The minimum Gasteiger partial charge on any atom is -0.340 e. The Morgan fingerprint density at radius 1 is 1.04 bits per heavy atom. The SMILES string of the molecule is CN1CCN(S(=O)(=O)N2CCN(C(=O)C3CC3c3cccnc3)CC2)CC1. The predicted octanol–water partition coefficient (Wildman–Crippen LogP) is -0.178. The van der Waals surface area contributed by atoms with Crippen LogP contribution in [0.5, 0.6) is 0 Å². The van der Waals surface area contributed by atoms with Gasteiger partial charge in [0.15, 0.2) is 0 Å². The number of carbonyl (C=O) groups excluding carboxylic acids is 1. The van der Waals surface area contributed by atoms with Gasteiger partial charge in [0.25, 0.3) is 10.2 Å². The normalized spacial score (nSPS) is 28.3. The van der Waals surface area contributed by atoms with Gasteiger partial charge >= 0.3 is 0 Å². The van der Waals surface area contributed by atoms with Crippen LogP contribution in [0.15, 0.2) is 24.5 Å². The zero-order chi connectivity index (χ0) is 19.0. The lowest BCUT2D eigenvalue weighted by molar-refractivity contribution is -0.133. The van der Waals surface area contributed by atoms with Crippen molar-refractivity contribution in [3.05, 3.63) is 30.1 Å². The average molecular weight is 394 g/mol. The highest BCUT2D eigenvalue weighted by molar-refractivity contribution is 7.86. The van der Waals surface area contributed by atoms with Crippen molar-refractivity contribution >= 4 is 16.1 Å². The fourth-order valence-corrected chi connectivity index (χ4v) is 5.56. The Hall–Kier alpha value is -1.55. The van der Waals surface area contributed by atoms with Crippen LogP contribution in [-0.4, -0.2) is 97.1 Å². The van der Waals surface area contributed by atoms with E-state index >= 15 is 0 Å². The van der Waals surface area contributed by atoms with Crippen molar-refractivity contribution in [3.63, 3.8) is 0 Å². The van der Waals surface area contributed by atoms with E-state index in [0.717, 1.165) is 25.1 Å². The molecular formula is C18H27N5O3S. The van der Waals surface area contributed by atoms with Gasteiger partial charge in [0, 0.05) is 70.7 Å². The summed E-state index contributed by atoms with van der Waals surface area (Å²) >= 11 is 0. The highest BCUT2D eigenvalue weighted by Gasteiger charge is 2.46. The number of rotatable bonds is 4. The number of pyridine rings is 1. The Morgan fingerprint density at radius 2 is 1.67 bits per heavy atom. The molecule has 9 heteroatoms. The molecule has 4 rings (SSSR count). The maximum absolute atomic E-state index is 12.8. The molecule has 0 N–H and O–H groups in total. The number of hydrogen-bond acceptors (Lipinski definition) is 5. The molecule has 1 aliphatic carbocycles. The zero-order valence-electron chi connectivity index (χ0n) is 15.7. The topological polar surface area (TPSA) is 77.1 Å². The van der Waals surface area contributed by atoms with Crippen molar-refractivity contribution < 1.29 is 13.2 Å². The van der Waals surface area contributed by atoms with Crippen molar-refractivity contribution in [2.24, 2.45) is 5.92 Å². The first-order valence-corrected chi connectivity index (χ1v) is 11.0. The molecule has 2 atom stereocenters. The van der Waals surface area contributed by atoms with Crippen LogP contribution in [0.3, 0.4) is 0 Å². The minimum absolute atomic E-state index is 0.0231. The molecular weight excluding hydrogens is 366 g/mol. The summed E-state index contributed by atoms with van der Waals surface area (Å²) in [6.45, 7) is 4.30. The molecule has 1 amide bonds. The molecule has 8 nitrogen and oxygen atoms in total. The van der Waals surface area contributed by atoms with Crippen LogP contribution in [0.4, 0.5) is 0 Å². The van der Waals surface area contributed by atoms with Gasteiger partial charge in [-0.2, -0.15) is 17.0 Å². The van der Waals surface area contributed by atoms with Gasteiger partial charge < -0.3 is 9.80 Å². The molecule has 0 bridgehead atoms. The third-order valence-electron chi connectivity index (χ3n) is 5.89. The first kappa shape index (κ1) is 18.8. The first-order chi connectivity index (χ1) is 13.0. The van der Waals surface area contributed by atoms with E-state index in [9.17, 15) is 13.2 Å². The van der Waals surface area contributed by atoms with Gasteiger partial charge in [-0.25, -0.2) is 0 Å². The van der Waals surface area contributed by atoms with Crippen molar-refractivity contribution in [2.45, 2.75) is 12.3 Å². The monoisotopic (exact) mass is 393 g/mol. The Bertz CT molecular complexity index is 771. The smallest absolute Gasteiger partial charge is 0.282 e. The summed E-state index contributed by atoms with van der Waals surface area (Å²) in [7, 11) is -1.42. The van der Waals surface area contributed by atoms with Crippen molar-refractivity contribution in [2.75, 3.05) is 59.4 Å². The number of nitrogens with zero attached hydrogens (tertiary/aromatic N) is 5. The Morgan fingerprint density at radius 3 is 2.26 bits per heavy atom. The molecule has 148 valence electrons. The summed E-state index contributed by atoms with van der Waals surface area (Å²) in [5.74, 6) is 0.439. The van der Waals surface area contributed by atoms with Crippen LogP contribution in [0.25, 0.3) is 0 Å². The van der Waals surface area contributed by atoms with Crippen LogP contribution < -0.4 is 0 Å².